The number of nitrogens with zero attached hydrogens (tertiary/aromatic N) is 3. The minimum absolute atomic E-state index is 0.230. The van der Waals surface area contributed by atoms with Crippen LogP contribution in [0.25, 0.3) is 22.6 Å². The van der Waals surface area contributed by atoms with Gasteiger partial charge in [0.25, 0.3) is 11.8 Å². The molecule has 7 rings (SSSR count). The number of aromatic nitrogens is 4. The third-order valence-corrected chi connectivity index (χ3v) is 6.84. The van der Waals surface area contributed by atoms with E-state index in [1.165, 1.54) is 0 Å². The summed E-state index contributed by atoms with van der Waals surface area (Å²) in [6, 6.07) is 33.0. The Hall–Kier alpha value is -6.03. The Morgan fingerprint density at radius 1 is 0.595 bits per heavy atom. The molecule has 0 bridgehead atoms. The summed E-state index contributed by atoms with van der Waals surface area (Å²) in [5.41, 5.74) is 6.65. The van der Waals surface area contributed by atoms with E-state index in [4.69, 9.17) is 0 Å². The van der Waals surface area contributed by atoms with Gasteiger partial charge in [0, 0.05) is 11.4 Å². The lowest BCUT2D eigenvalue weighted by Crippen LogP contribution is -2.18. The van der Waals surface area contributed by atoms with Crippen LogP contribution in [-0.4, -0.2) is 31.8 Å². The molecule has 0 atom stereocenters. The molecule has 204 valence electrons. The van der Waals surface area contributed by atoms with Crippen molar-refractivity contribution in [2.24, 2.45) is 0 Å². The van der Waals surface area contributed by atoms with Gasteiger partial charge in [-0.25, -0.2) is 15.0 Å². The number of para-hydroxylation sites is 4. The molecule has 3 aromatic heterocycles. The fourth-order valence-corrected chi connectivity index (χ4v) is 4.76. The lowest BCUT2D eigenvalue weighted by Gasteiger charge is -2.13. The molecule has 0 saturated carbocycles. The van der Waals surface area contributed by atoms with Gasteiger partial charge in [-0.2, -0.15) is 0 Å². The molecule has 10 nitrogen and oxygen atoms in total. The monoisotopic (exact) mass is 552 g/mol. The number of anilines is 4. The molecule has 4 heterocycles. The molecule has 5 N–H and O–H groups in total. The number of H-pyrrole nitrogens is 1. The van der Waals surface area contributed by atoms with E-state index in [2.05, 4.69) is 41.2 Å². The molecular weight excluding hydrogens is 528 g/mol. The second-order valence-electron chi connectivity index (χ2n) is 9.71. The molecule has 3 aromatic carbocycles. The van der Waals surface area contributed by atoms with Crippen LogP contribution in [0.4, 0.5) is 22.7 Å². The molecule has 0 radical (unpaired) electrons. The van der Waals surface area contributed by atoms with Gasteiger partial charge in [-0.1, -0.05) is 36.4 Å². The number of carbonyl (C=O) groups is 2. The molecule has 0 fully saturated rings. The number of benzene rings is 3. The van der Waals surface area contributed by atoms with Gasteiger partial charge in [0.1, 0.15) is 23.2 Å². The first-order chi connectivity index (χ1) is 20.6. The van der Waals surface area contributed by atoms with E-state index >= 15 is 0 Å². The van der Waals surface area contributed by atoms with Gasteiger partial charge in [-0.3, -0.25) is 9.59 Å². The van der Waals surface area contributed by atoms with E-state index in [0.717, 1.165) is 22.4 Å². The third kappa shape index (κ3) is 5.00. The zero-order chi connectivity index (χ0) is 28.5. The van der Waals surface area contributed by atoms with Crippen LogP contribution in [0.2, 0.25) is 0 Å². The van der Waals surface area contributed by atoms with Gasteiger partial charge in [-0.05, 0) is 72.8 Å². The fourth-order valence-electron chi connectivity index (χ4n) is 4.76. The summed E-state index contributed by atoms with van der Waals surface area (Å²) in [5, 5.41) is 12.5. The number of rotatable bonds is 6. The minimum atomic E-state index is -0.359. The third-order valence-electron chi connectivity index (χ3n) is 6.84. The molecule has 10 heteroatoms. The smallest absolute Gasteiger partial charge is 0.274 e. The van der Waals surface area contributed by atoms with Crippen molar-refractivity contribution in [1.29, 1.82) is 0 Å². The molecule has 6 aromatic rings. The Morgan fingerprint density at radius 2 is 1.19 bits per heavy atom. The minimum Gasteiger partial charge on any atom is -0.359 e. The van der Waals surface area contributed by atoms with Crippen molar-refractivity contribution < 1.29 is 9.59 Å². The molecule has 0 spiro atoms. The molecule has 0 unspecified atom stereocenters. The standard InChI is InChI=1S/C32H24N8O2/c41-31(27-13-5-11-25(35-27)29-37-21-7-1-2-8-22(21)38-29)33-19-15-17-20(18-16-19)34-32(42)28-14-6-12-26(36-28)30-39-23-9-3-4-10-24(23)40-30/h1-18,29,37-38H,(H,33,41)(H,34,42)(H,39,40). The lowest BCUT2D eigenvalue weighted by atomic mass is 10.2. The molecule has 0 aliphatic carbocycles. The first kappa shape index (κ1) is 25.0. The normalized spacial score (nSPS) is 12.3. The van der Waals surface area contributed by atoms with E-state index in [9.17, 15) is 9.59 Å². The van der Waals surface area contributed by atoms with Crippen molar-refractivity contribution in [2.75, 3.05) is 21.3 Å². The van der Waals surface area contributed by atoms with Gasteiger partial charge < -0.3 is 26.3 Å². The van der Waals surface area contributed by atoms with Crippen LogP contribution in [0.5, 0.6) is 0 Å². The van der Waals surface area contributed by atoms with Crippen LogP contribution in [0.15, 0.2) is 109 Å². The van der Waals surface area contributed by atoms with Crippen molar-refractivity contribution in [2.45, 2.75) is 6.17 Å². The first-order valence-electron chi connectivity index (χ1n) is 13.3. The van der Waals surface area contributed by atoms with Crippen LogP contribution < -0.4 is 21.3 Å². The highest BCUT2D eigenvalue weighted by atomic mass is 16.2. The number of imidazole rings is 1. The van der Waals surface area contributed by atoms with Crippen LogP contribution in [-0.2, 0) is 0 Å². The summed E-state index contributed by atoms with van der Waals surface area (Å²) in [7, 11) is 0. The SMILES string of the molecule is O=C(Nc1ccc(NC(=O)c2cccc(C3Nc4ccccc4N3)n2)cc1)c1cccc(-c2nc3ccccc3[nH]2)n1. The van der Waals surface area contributed by atoms with Gasteiger partial charge in [0.05, 0.1) is 28.1 Å². The van der Waals surface area contributed by atoms with Crippen molar-refractivity contribution in [1.82, 2.24) is 19.9 Å². The molecule has 2 amide bonds. The summed E-state index contributed by atoms with van der Waals surface area (Å²) in [6.07, 6.45) is -0.230. The number of fused-ring (bicyclic) bond motifs is 2. The number of aromatic amines is 1. The molecular formula is C32H24N8O2. The van der Waals surface area contributed by atoms with Gasteiger partial charge in [0.15, 0.2) is 5.82 Å². The zero-order valence-electron chi connectivity index (χ0n) is 22.1. The lowest BCUT2D eigenvalue weighted by molar-refractivity contribution is 0.101. The highest BCUT2D eigenvalue weighted by Crippen LogP contribution is 2.34. The Morgan fingerprint density at radius 3 is 1.86 bits per heavy atom. The van der Waals surface area contributed by atoms with Gasteiger partial charge in [0.2, 0.25) is 0 Å². The quantitative estimate of drug-likeness (QED) is 0.169. The summed E-state index contributed by atoms with van der Waals surface area (Å²) in [5.74, 6) is -0.107. The Balaban J connectivity index is 0.996. The molecule has 0 saturated heterocycles. The highest BCUT2D eigenvalue weighted by Gasteiger charge is 2.22. The summed E-state index contributed by atoms with van der Waals surface area (Å²) in [4.78, 5) is 42.7. The number of carbonyl (C=O) groups excluding carboxylic acids is 2. The van der Waals surface area contributed by atoms with Crippen LogP contribution in [0, 0.1) is 0 Å². The van der Waals surface area contributed by atoms with Crippen molar-refractivity contribution in [3.63, 3.8) is 0 Å². The average molecular weight is 553 g/mol. The van der Waals surface area contributed by atoms with Crippen molar-refractivity contribution in [3.05, 3.63) is 126 Å². The topological polar surface area (TPSA) is 137 Å². The van der Waals surface area contributed by atoms with Crippen LogP contribution in [0.3, 0.4) is 0 Å². The van der Waals surface area contributed by atoms with Gasteiger partial charge >= 0.3 is 0 Å². The first-order valence-corrected chi connectivity index (χ1v) is 13.3. The second-order valence-corrected chi connectivity index (χ2v) is 9.71. The zero-order valence-corrected chi connectivity index (χ0v) is 22.1. The number of hydrogen-bond acceptors (Lipinski definition) is 7. The number of pyridine rings is 2. The molecule has 42 heavy (non-hydrogen) atoms. The Kier molecular flexibility index (Phi) is 6.25. The van der Waals surface area contributed by atoms with E-state index < -0.39 is 0 Å². The van der Waals surface area contributed by atoms with Crippen molar-refractivity contribution in [3.8, 4) is 11.5 Å². The predicted molar refractivity (Wildman–Crippen MR) is 162 cm³/mol. The number of hydrogen-bond donors (Lipinski definition) is 5. The Bertz CT molecular complexity index is 1890. The Labute approximate surface area is 240 Å². The van der Waals surface area contributed by atoms with Gasteiger partial charge in [-0.15, -0.1) is 0 Å². The molecule has 1 aliphatic rings. The van der Waals surface area contributed by atoms with Crippen molar-refractivity contribution >= 4 is 45.6 Å². The predicted octanol–water partition coefficient (Wildman–Crippen LogP) is 6.06. The molecule has 1 aliphatic heterocycles. The van der Waals surface area contributed by atoms with E-state index in [-0.39, 0.29) is 23.7 Å². The van der Waals surface area contributed by atoms with E-state index in [0.29, 0.717) is 34.3 Å². The number of nitrogens with one attached hydrogen (secondary N) is 5. The average Bonchev–Trinajstić information content (AvgIpc) is 3.67. The summed E-state index contributed by atoms with van der Waals surface area (Å²) < 4.78 is 0. The van der Waals surface area contributed by atoms with Crippen LogP contribution in [0.1, 0.15) is 32.8 Å². The van der Waals surface area contributed by atoms with E-state index in [1.54, 1.807) is 54.6 Å². The fraction of sp³-hybridized carbons (Fsp3) is 0.0312. The maximum absolute atomic E-state index is 13.0. The van der Waals surface area contributed by atoms with E-state index in [1.807, 2.05) is 54.6 Å². The highest BCUT2D eigenvalue weighted by molar-refractivity contribution is 6.04. The maximum Gasteiger partial charge on any atom is 0.274 e. The van der Waals surface area contributed by atoms with Crippen LogP contribution >= 0.6 is 0 Å². The maximum atomic E-state index is 13.0. The largest absolute Gasteiger partial charge is 0.359 e. The summed E-state index contributed by atoms with van der Waals surface area (Å²) in [6.45, 7) is 0. The second kappa shape index (κ2) is 10.5. The number of amides is 2. The summed E-state index contributed by atoms with van der Waals surface area (Å²) >= 11 is 0.